The van der Waals surface area contributed by atoms with E-state index in [-0.39, 0.29) is 18.2 Å². The Morgan fingerprint density at radius 3 is 1.86 bits per heavy atom. The van der Waals surface area contributed by atoms with Gasteiger partial charge in [0.1, 0.15) is 36.5 Å². The number of hydrogen-bond donors (Lipinski definition) is 8. The van der Waals surface area contributed by atoms with Gasteiger partial charge in [-0.1, -0.05) is 79.2 Å². The van der Waals surface area contributed by atoms with Crippen molar-refractivity contribution in [2.45, 2.75) is 143 Å². The summed E-state index contributed by atoms with van der Waals surface area (Å²) in [4.78, 5) is 114. The van der Waals surface area contributed by atoms with Crippen LogP contribution in [0.4, 0.5) is 0 Å². The molecule has 58 heavy (non-hydrogen) atoms. The zero-order chi connectivity index (χ0) is 44.2. The minimum atomic E-state index is -1.64. The molecule has 5 atom stereocenters. The maximum atomic E-state index is 14.2. The number of nitrogens with one attached hydrogen (secondary N) is 6. The second kappa shape index (κ2) is 25.1. The molecule has 0 heterocycles. The summed E-state index contributed by atoms with van der Waals surface area (Å²) in [5.74, 6) is -7.69. The van der Waals surface area contributed by atoms with Gasteiger partial charge in [0, 0.05) is 25.8 Å². The third kappa shape index (κ3) is 19.2. The Morgan fingerprint density at radius 2 is 1.31 bits per heavy atom. The first-order valence-electron chi connectivity index (χ1n) is 19.8. The Morgan fingerprint density at radius 1 is 0.690 bits per heavy atom. The fourth-order valence-corrected chi connectivity index (χ4v) is 5.93. The molecule has 8 N–H and O–H groups in total. The molecule has 0 bridgehead atoms. The average Bonchev–Trinajstić information content (AvgIpc) is 3.11. The lowest BCUT2D eigenvalue weighted by Gasteiger charge is -2.34. The van der Waals surface area contributed by atoms with Crippen molar-refractivity contribution in [2.75, 3.05) is 6.54 Å². The van der Waals surface area contributed by atoms with Gasteiger partial charge in [0.05, 0.1) is 12.8 Å². The van der Waals surface area contributed by atoms with Crippen molar-refractivity contribution in [2.24, 2.45) is 17.3 Å². The zero-order valence-corrected chi connectivity index (χ0v) is 35.1. The molecular formula is C41H64N6O11. The summed E-state index contributed by atoms with van der Waals surface area (Å²) in [5.41, 5.74) is 0.641. The molecule has 324 valence electrons. The van der Waals surface area contributed by atoms with Crippen LogP contribution in [-0.2, 0) is 49.6 Å². The smallest absolute Gasteiger partial charge is 0.305 e. The highest BCUT2D eigenvalue weighted by molar-refractivity contribution is 5.97. The van der Waals surface area contributed by atoms with E-state index in [1.54, 1.807) is 46.8 Å². The van der Waals surface area contributed by atoms with Crippen LogP contribution in [0.1, 0.15) is 111 Å². The monoisotopic (exact) mass is 816 g/mol. The molecule has 0 spiro atoms. The normalized spacial score (nSPS) is 13.9. The van der Waals surface area contributed by atoms with E-state index < -0.39 is 102 Å². The molecule has 0 aliphatic carbocycles. The lowest BCUT2D eigenvalue weighted by molar-refractivity contribution is -0.142. The van der Waals surface area contributed by atoms with E-state index in [9.17, 15) is 48.3 Å². The molecule has 0 unspecified atom stereocenters. The average molecular weight is 817 g/mol. The summed E-state index contributed by atoms with van der Waals surface area (Å²) in [6.45, 7) is 14.4. The van der Waals surface area contributed by atoms with Gasteiger partial charge in [-0.3, -0.25) is 38.4 Å². The number of hydrogen-bond acceptors (Lipinski definition) is 9. The van der Waals surface area contributed by atoms with Crippen molar-refractivity contribution in [3.63, 3.8) is 0 Å². The van der Waals surface area contributed by atoms with Gasteiger partial charge >= 0.3 is 11.9 Å². The van der Waals surface area contributed by atoms with Crippen molar-refractivity contribution in [3.8, 4) is 0 Å². The molecule has 1 aromatic carbocycles. The molecule has 1 rings (SSSR count). The first kappa shape index (κ1) is 50.7. The minimum Gasteiger partial charge on any atom is -0.481 e. The van der Waals surface area contributed by atoms with Crippen LogP contribution in [0, 0.1) is 24.2 Å². The number of rotatable bonds is 26. The molecule has 17 heteroatoms. The van der Waals surface area contributed by atoms with Crippen LogP contribution < -0.4 is 31.9 Å². The Balaban J connectivity index is 3.39. The quantitative estimate of drug-likeness (QED) is 0.0495. The van der Waals surface area contributed by atoms with Crippen molar-refractivity contribution < 1.29 is 53.4 Å². The molecule has 0 saturated carbocycles. The number of carboxylic acid groups (broad SMARTS) is 2. The number of carbonyl (C=O) groups is 9. The summed E-state index contributed by atoms with van der Waals surface area (Å²) < 4.78 is 0. The van der Waals surface area contributed by atoms with Crippen LogP contribution in [0.2, 0.25) is 0 Å². The van der Waals surface area contributed by atoms with E-state index >= 15 is 0 Å². The second-order valence-electron chi connectivity index (χ2n) is 16.3. The highest BCUT2D eigenvalue weighted by Crippen LogP contribution is 2.21. The van der Waals surface area contributed by atoms with Gasteiger partial charge in [0.25, 0.3) is 0 Å². The Hall–Kier alpha value is -5.35. The largest absolute Gasteiger partial charge is 0.481 e. The lowest BCUT2D eigenvalue weighted by atomic mass is 9.85. The maximum absolute atomic E-state index is 14.2. The summed E-state index contributed by atoms with van der Waals surface area (Å²) in [7, 11) is 0. The number of aldehydes is 1. The van der Waals surface area contributed by atoms with E-state index in [0.29, 0.717) is 37.8 Å². The highest BCUT2D eigenvalue weighted by atomic mass is 16.4. The second-order valence-corrected chi connectivity index (χ2v) is 16.3. The van der Waals surface area contributed by atoms with Crippen molar-refractivity contribution in [1.82, 2.24) is 31.9 Å². The molecule has 0 aliphatic heterocycles. The number of carboxylic acids is 2. The molecule has 6 amide bonds. The molecular weight excluding hydrogens is 752 g/mol. The first-order valence-corrected chi connectivity index (χ1v) is 19.8. The van der Waals surface area contributed by atoms with Crippen molar-refractivity contribution in [3.05, 3.63) is 35.4 Å². The summed E-state index contributed by atoms with van der Waals surface area (Å²) in [5, 5.41) is 34.2. The van der Waals surface area contributed by atoms with E-state index in [2.05, 4.69) is 31.9 Å². The number of unbranched alkanes of at least 4 members (excludes halogenated alkanes) is 3. The van der Waals surface area contributed by atoms with Crippen LogP contribution >= 0.6 is 0 Å². The number of carbonyl (C=O) groups excluding carboxylic acids is 7. The van der Waals surface area contributed by atoms with Gasteiger partial charge in [-0.05, 0) is 54.6 Å². The SMILES string of the molecule is Cc1ccccc1C[C@H](NC(=O)[C@H](NC(=O)[C@H](CC(=O)O)NC(=O)CCC(=O)O)C(C)C)C(=O)N[C@H](C(=O)N[C@@H](CC(C)C)C(=O)NCCCCCC=O)C(C)(C)C. The Labute approximate surface area is 341 Å². The van der Waals surface area contributed by atoms with E-state index in [0.717, 1.165) is 18.3 Å². The molecule has 0 radical (unpaired) electrons. The first-order chi connectivity index (χ1) is 27.1. The van der Waals surface area contributed by atoms with Crippen LogP contribution in [-0.4, -0.2) is 101 Å². The maximum Gasteiger partial charge on any atom is 0.305 e. The van der Waals surface area contributed by atoms with E-state index in [1.807, 2.05) is 32.9 Å². The number of amides is 6. The number of aryl methyl sites for hydroxylation is 1. The van der Waals surface area contributed by atoms with Crippen LogP contribution in [0.3, 0.4) is 0 Å². The predicted molar refractivity (Wildman–Crippen MR) is 215 cm³/mol. The molecule has 0 aliphatic rings. The van der Waals surface area contributed by atoms with Gasteiger partial charge in [0.2, 0.25) is 35.4 Å². The number of aliphatic carboxylic acids is 2. The topological polar surface area (TPSA) is 266 Å². The van der Waals surface area contributed by atoms with Crippen LogP contribution in [0.5, 0.6) is 0 Å². The summed E-state index contributed by atoms with van der Waals surface area (Å²) >= 11 is 0. The van der Waals surface area contributed by atoms with Gasteiger partial charge in [-0.15, -0.1) is 0 Å². The van der Waals surface area contributed by atoms with Crippen molar-refractivity contribution in [1.29, 1.82) is 0 Å². The Bertz CT molecular complexity index is 1590. The molecule has 17 nitrogen and oxygen atoms in total. The van der Waals surface area contributed by atoms with Gasteiger partial charge in [0.15, 0.2) is 0 Å². The third-order valence-electron chi connectivity index (χ3n) is 9.21. The third-order valence-corrected chi connectivity index (χ3v) is 9.21. The molecule has 1 aromatic rings. The van der Waals surface area contributed by atoms with Crippen LogP contribution in [0.25, 0.3) is 0 Å². The van der Waals surface area contributed by atoms with Crippen LogP contribution in [0.15, 0.2) is 24.3 Å². The van der Waals surface area contributed by atoms with Gasteiger partial charge in [-0.25, -0.2) is 0 Å². The fraction of sp³-hybridized carbons (Fsp3) is 0.634. The zero-order valence-electron chi connectivity index (χ0n) is 35.1. The lowest BCUT2D eigenvalue weighted by Crippen LogP contribution is -2.62. The highest BCUT2D eigenvalue weighted by Gasteiger charge is 2.38. The fourth-order valence-electron chi connectivity index (χ4n) is 5.93. The Kier molecular flexibility index (Phi) is 21.9. The number of benzene rings is 1. The molecule has 0 aromatic heterocycles. The standard InChI is InChI=1S/C41H64N6O11/c1-24(2)21-28(36(54)42-19-13-9-10-14-20-48)45-40(58)35(41(6,7)8)47-38(56)29(22-27-16-12-11-15-26(27)5)44-39(57)34(25(3)4)46-37(55)30(23-33(52)53)43-31(49)17-18-32(50)51/h11-12,15-16,20,24-25,28-30,34-35H,9-10,13-14,17-19,21-23H2,1-8H3,(H,42,54)(H,43,49)(H,44,57)(H,45,58)(H,46,55)(H,47,56)(H,50,51)(H,52,53)/t28-,29-,30-,34+,35+/m0/s1. The predicted octanol–water partition coefficient (Wildman–Crippen LogP) is 1.92. The molecule has 0 saturated heterocycles. The van der Waals surface area contributed by atoms with Gasteiger partial charge in [-0.2, -0.15) is 0 Å². The van der Waals surface area contributed by atoms with E-state index in [4.69, 9.17) is 5.11 Å². The van der Waals surface area contributed by atoms with E-state index in [1.165, 1.54) is 0 Å². The van der Waals surface area contributed by atoms with Crippen molar-refractivity contribution >= 4 is 53.7 Å². The minimum absolute atomic E-state index is 0.0198. The molecule has 0 fully saturated rings. The van der Waals surface area contributed by atoms with Gasteiger partial charge < -0.3 is 46.9 Å². The summed E-state index contributed by atoms with van der Waals surface area (Å²) in [6.07, 6.45) is 1.80. The summed E-state index contributed by atoms with van der Waals surface area (Å²) in [6, 6.07) is 0.838.